The molecule has 0 aromatic heterocycles. The summed E-state index contributed by atoms with van der Waals surface area (Å²) in [6.07, 6.45) is 0.700. The Morgan fingerprint density at radius 1 is 1.20 bits per heavy atom. The number of rotatable bonds is 5. The maximum atomic E-state index is 14.1. The van der Waals surface area contributed by atoms with Gasteiger partial charge in [0.1, 0.15) is 5.82 Å². The molecule has 4 heteroatoms. The van der Waals surface area contributed by atoms with Crippen molar-refractivity contribution >= 4 is 21.6 Å². The molecule has 0 heterocycles. The molecule has 2 N–H and O–H groups in total. The fourth-order valence-corrected chi connectivity index (χ4v) is 2.56. The number of anilines is 1. The molecule has 0 atom stereocenters. The molecule has 0 amide bonds. The standard InChI is InChI=1S/C16H18BrFN2/c1-20(11-13-4-2-3-5-14(13)17)16-7-6-12(8-9-19)10-15(16)18/h2-7,10H,8-9,11,19H2,1H3. The molecular weight excluding hydrogens is 319 g/mol. The molecule has 0 bridgehead atoms. The van der Waals surface area contributed by atoms with Crippen LogP contribution in [0.1, 0.15) is 11.1 Å². The lowest BCUT2D eigenvalue weighted by Crippen LogP contribution is -2.18. The highest BCUT2D eigenvalue weighted by molar-refractivity contribution is 9.10. The van der Waals surface area contributed by atoms with E-state index in [-0.39, 0.29) is 5.82 Å². The van der Waals surface area contributed by atoms with Gasteiger partial charge in [0.05, 0.1) is 5.69 Å². The Labute approximate surface area is 127 Å². The summed E-state index contributed by atoms with van der Waals surface area (Å²) >= 11 is 3.51. The summed E-state index contributed by atoms with van der Waals surface area (Å²) in [4.78, 5) is 1.90. The molecule has 2 rings (SSSR count). The largest absolute Gasteiger partial charge is 0.368 e. The molecule has 0 aliphatic rings. The Balaban J connectivity index is 2.17. The molecule has 0 saturated heterocycles. The van der Waals surface area contributed by atoms with Crippen molar-refractivity contribution in [3.63, 3.8) is 0 Å². The predicted molar refractivity (Wildman–Crippen MR) is 85.4 cm³/mol. The van der Waals surface area contributed by atoms with Gasteiger partial charge < -0.3 is 10.6 Å². The summed E-state index contributed by atoms with van der Waals surface area (Å²) in [6, 6.07) is 13.3. The zero-order valence-corrected chi connectivity index (χ0v) is 13.0. The van der Waals surface area contributed by atoms with Crippen LogP contribution in [0.4, 0.5) is 10.1 Å². The van der Waals surface area contributed by atoms with Gasteiger partial charge in [0, 0.05) is 18.1 Å². The first-order valence-electron chi connectivity index (χ1n) is 6.55. The topological polar surface area (TPSA) is 29.3 Å². The van der Waals surface area contributed by atoms with Crippen LogP contribution < -0.4 is 10.6 Å². The molecule has 106 valence electrons. The average molecular weight is 337 g/mol. The van der Waals surface area contributed by atoms with Crippen molar-refractivity contribution in [1.29, 1.82) is 0 Å². The van der Waals surface area contributed by atoms with E-state index in [2.05, 4.69) is 15.9 Å². The van der Waals surface area contributed by atoms with Gasteiger partial charge in [0.25, 0.3) is 0 Å². The molecule has 0 aliphatic carbocycles. The van der Waals surface area contributed by atoms with Crippen LogP contribution >= 0.6 is 15.9 Å². The zero-order chi connectivity index (χ0) is 14.5. The van der Waals surface area contributed by atoms with Crippen LogP contribution in [-0.2, 0) is 13.0 Å². The maximum Gasteiger partial charge on any atom is 0.146 e. The quantitative estimate of drug-likeness (QED) is 0.901. The van der Waals surface area contributed by atoms with Gasteiger partial charge in [-0.05, 0) is 42.3 Å². The lowest BCUT2D eigenvalue weighted by atomic mass is 10.1. The van der Waals surface area contributed by atoms with Crippen LogP contribution in [0, 0.1) is 5.82 Å². The Kier molecular flexibility index (Phi) is 5.15. The molecule has 2 aromatic carbocycles. The number of nitrogens with two attached hydrogens (primary N) is 1. The summed E-state index contributed by atoms with van der Waals surface area (Å²) in [6.45, 7) is 1.18. The SMILES string of the molecule is CN(Cc1ccccc1Br)c1ccc(CCN)cc1F. The highest BCUT2D eigenvalue weighted by Crippen LogP contribution is 2.24. The average Bonchev–Trinajstić information content (AvgIpc) is 2.42. The predicted octanol–water partition coefficient (Wildman–Crippen LogP) is 3.73. The molecule has 0 saturated carbocycles. The van der Waals surface area contributed by atoms with Gasteiger partial charge in [-0.25, -0.2) is 4.39 Å². The third-order valence-electron chi connectivity index (χ3n) is 3.22. The highest BCUT2D eigenvalue weighted by Gasteiger charge is 2.10. The summed E-state index contributed by atoms with van der Waals surface area (Å²) in [5.41, 5.74) is 8.15. The third kappa shape index (κ3) is 3.58. The van der Waals surface area contributed by atoms with Crippen molar-refractivity contribution in [3.05, 3.63) is 63.9 Å². The Morgan fingerprint density at radius 3 is 2.60 bits per heavy atom. The van der Waals surface area contributed by atoms with E-state index in [1.165, 1.54) is 0 Å². The first-order valence-corrected chi connectivity index (χ1v) is 7.34. The lowest BCUT2D eigenvalue weighted by molar-refractivity contribution is 0.620. The monoisotopic (exact) mass is 336 g/mol. The van der Waals surface area contributed by atoms with Crippen LogP contribution in [0.3, 0.4) is 0 Å². The van der Waals surface area contributed by atoms with Crippen molar-refractivity contribution in [2.75, 3.05) is 18.5 Å². The normalized spacial score (nSPS) is 10.6. The van der Waals surface area contributed by atoms with E-state index in [0.29, 0.717) is 25.2 Å². The molecule has 2 nitrogen and oxygen atoms in total. The minimum Gasteiger partial charge on any atom is -0.368 e. The Morgan fingerprint density at radius 2 is 1.95 bits per heavy atom. The molecular formula is C16H18BrFN2. The van der Waals surface area contributed by atoms with Crippen molar-refractivity contribution in [2.45, 2.75) is 13.0 Å². The lowest BCUT2D eigenvalue weighted by Gasteiger charge is -2.21. The molecule has 0 unspecified atom stereocenters. The van der Waals surface area contributed by atoms with E-state index in [0.717, 1.165) is 15.6 Å². The second-order valence-electron chi connectivity index (χ2n) is 4.77. The van der Waals surface area contributed by atoms with E-state index in [9.17, 15) is 4.39 Å². The first kappa shape index (κ1) is 15.0. The molecule has 0 spiro atoms. The molecule has 2 aromatic rings. The zero-order valence-electron chi connectivity index (χ0n) is 11.4. The second kappa shape index (κ2) is 6.86. The van der Waals surface area contributed by atoms with E-state index < -0.39 is 0 Å². The number of hydrogen-bond acceptors (Lipinski definition) is 2. The van der Waals surface area contributed by atoms with Gasteiger partial charge in [0.2, 0.25) is 0 Å². The maximum absolute atomic E-state index is 14.1. The molecule has 0 fully saturated rings. The van der Waals surface area contributed by atoms with Crippen LogP contribution in [0.15, 0.2) is 46.9 Å². The number of halogens is 2. The molecule has 20 heavy (non-hydrogen) atoms. The van der Waals surface area contributed by atoms with E-state index in [1.807, 2.05) is 48.3 Å². The molecule has 0 aliphatic heterocycles. The van der Waals surface area contributed by atoms with Gasteiger partial charge in [-0.2, -0.15) is 0 Å². The highest BCUT2D eigenvalue weighted by atomic mass is 79.9. The summed E-state index contributed by atoms with van der Waals surface area (Å²) < 4.78 is 15.2. The van der Waals surface area contributed by atoms with Gasteiger partial charge in [-0.3, -0.25) is 0 Å². The summed E-state index contributed by atoms with van der Waals surface area (Å²) in [5.74, 6) is -0.203. The minimum atomic E-state index is -0.203. The van der Waals surface area contributed by atoms with Crippen molar-refractivity contribution < 1.29 is 4.39 Å². The van der Waals surface area contributed by atoms with Crippen molar-refractivity contribution in [3.8, 4) is 0 Å². The van der Waals surface area contributed by atoms with Crippen molar-refractivity contribution in [1.82, 2.24) is 0 Å². The molecule has 0 radical (unpaired) electrons. The van der Waals surface area contributed by atoms with Gasteiger partial charge in [-0.15, -0.1) is 0 Å². The van der Waals surface area contributed by atoms with E-state index >= 15 is 0 Å². The van der Waals surface area contributed by atoms with Crippen LogP contribution in [-0.4, -0.2) is 13.6 Å². The van der Waals surface area contributed by atoms with Gasteiger partial charge in [0.15, 0.2) is 0 Å². The van der Waals surface area contributed by atoms with Crippen LogP contribution in [0.5, 0.6) is 0 Å². The van der Waals surface area contributed by atoms with Crippen molar-refractivity contribution in [2.24, 2.45) is 5.73 Å². The Bertz CT molecular complexity index is 586. The second-order valence-corrected chi connectivity index (χ2v) is 5.63. The first-order chi connectivity index (χ1) is 9.61. The summed E-state index contributed by atoms with van der Waals surface area (Å²) in [7, 11) is 1.89. The number of hydrogen-bond donors (Lipinski definition) is 1. The minimum absolute atomic E-state index is 0.203. The van der Waals surface area contributed by atoms with Gasteiger partial charge >= 0.3 is 0 Å². The summed E-state index contributed by atoms with van der Waals surface area (Å²) in [5, 5.41) is 0. The smallest absolute Gasteiger partial charge is 0.146 e. The third-order valence-corrected chi connectivity index (χ3v) is 4.00. The van der Waals surface area contributed by atoms with E-state index in [4.69, 9.17) is 5.73 Å². The van der Waals surface area contributed by atoms with Crippen LogP contribution in [0.2, 0.25) is 0 Å². The Hall–Kier alpha value is -1.39. The van der Waals surface area contributed by atoms with E-state index in [1.54, 1.807) is 6.07 Å². The fraction of sp³-hybridized carbons (Fsp3) is 0.250. The number of benzene rings is 2. The number of nitrogens with zero attached hydrogens (tertiary/aromatic N) is 1. The fourth-order valence-electron chi connectivity index (χ4n) is 2.15. The van der Waals surface area contributed by atoms with Gasteiger partial charge in [-0.1, -0.05) is 40.2 Å². The van der Waals surface area contributed by atoms with Crippen LogP contribution in [0.25, 0.3) is 0 Å².